The average Bonchev–Trinajstić information content (AvgIpc) is 2.77. The number of amides is 1. The monoisotopic (exact) mass is 424 g/mol. The van der Waals surface area contributed by atoms with Gasteiger partial charge in [-0.25, -0.2) is 0 Å². The summed E-state index contributed by atoms with van der Waals surface area (Å²) in [5, 5.41) is 0.928. The van der Waals surface area contributed by atoms with Gasteiger partial charge < -0.3 is 24.1 Å². The van der Waals surface area contributed by atoms with Crippen molar-refractivity contribution in [3.8, 4) is 17.2 Å². The van der Waals surface area contributed by atoms with Crippen molar-refractivity contribution in [2.45, 2.75) is 26.8 Å². The fourth-order valence-corrected chi connectivity index (χ4v) is 3.59. The second kappa shape index (κ2) is 9.55. The largest absolute Gasteiger partial charge is 0.493 e. The summed E-state index contributed by atoms with van der Waals surface area (Å²) in [4.78, 5) is 30.6. The molecule has 1 N–H and O–H groups in total. The van der Waals surface area contributed by atoms with Gasteiger partial charge in [-0.15, -0.1) is 0 Å². The molecular weight excluding hydrogens is 396 g/mol. The number of nitrogens with zero attached hydrogens (tertiary/aromatic N) is 1. The van der Waals surface area contributed by atoms with Gasteiger partial charge in [0.1, 0.15) is 0 Å². The molecule has 31 heavy (non-hydrogen) atoms. The number of ether oxygens (including phenoxy) is 3. The van der Waals surface area contributed by atoms with Crippen LogP contribution in [0.2, 0.25) is 0 Å². The van der Waals surface area contributed by atoms with Crippen molar-refractivity contribution < 1.29 is 19.0 Å². The van der Waals surface area contributed by atoms with E-state index in [4.69, 9.17) is 14.2 Å². The maximum Gasteiger partial charge on any atom is 0.254 e. The van der Waals surface area contributed by atoms with Crippen LogP contribution in [-0.4, -0.2) is 43.7 Å². The fourth-order valence-electron chi connectivity index (χ4n) is 3.59. The number of rotatable bonds is 8. The predicted molar refractivity (Wildman–Crippen MR) is 120 cm³/mol. The zero-order valence-electron chi connectivity index (χ0n) is 18.6. The van der Waals surface area contributed by atoms with Crippen LogP contribution in [0.15, 0.2) is 41.2 Å². The third-order valence-electron chi connectivity index (χ3n) is 5.13. The number of hydrogen-bond donors (Lipinski definition) is 1. The maximum atomic E-state index is 13.4. The minimum Gasteiger partial charge on any atom is -0.493 e. The van der Waals surface area contributed by atoms with Gasteiger partial charge in [-0.2, -0.15) is 0 Å². The number of methoxy groups -OCH3 is 3. The van der Waals surface area contributed by atoms with Crippen molar-refractivity contribution in [1.29, 1.82) is 0 Å². The summed E-state index contributed by atoms with van der Waals surface area (Å²) in [7, 11) is 4.52. The molecular formula is C24H28N2O5. The Morgan fingerprint density at radius 1 is 1.00 bits per heavy atom. The van der Waals surface area contributed by atoms with Crippen LogP contribution >= 0.6 is 0 Å². The van der Waals surface area contributed by atoms with E-state index in [2.05, 4.69) is 4.98 Å². The Hall–Kier alpha value is -3.48. The Labute approximate surface area is 181 Å². The second-order valence-electron chi connectivity index (χ2n) is 7.36. The Balaban J connectivity index is 1.98. The van der Waals surface area contributed by atoms with Gasteiger partial charge >= 0.3 is 0 Å². The van der Waals surface area contributed by atoms with Crippen molar-refractivity contribution in [1.82, 2.24) is 9.88 Å². The molecule has 164 valence electrons. The number of aromatic nitrogens is 1. The van der Waals surface area contributed by atoms with E-state index in [1.807, 2.05) is 38.1 Å². The van der Waals surface area contributed by atoms with Crippen molar-refractivity contribution >= 4 is 16.8 Å². The fraction of sp³-hybridized carbons (Fsp3) is 0.333. The van der Waals surface area contributed by atoms with Crippen LogP contribution < -0.4 is 19.8 Å². The van der Waals surface area contributed by atoms with Gasteiger partial charge in [-0.05, 0) is 48.6 Å². The molecule has 2 aromatic carbocycles. The van der Waals surface area contributed by atoms with E-state index in [9.17, 15) is 9.59 Å². The molecule has 0 atom stereocenters. The van der Waals surface area contributed by atoms with Crippen LogP contribution in [0.1, 0.15) is 34.8 Å². The summed E-state index contributed by atoms with van der Waals surface area (Å²) < 4.78 is 16.1. The normalized spacial score (nSPS) is 10.7. The Morgan fingerprint density at radius 2 is 1.68 bits per heavy atom. The van der Waals surface area contributed by atoms with E-state index < -0.39 is 0 Å². The molecule has 1 amide bonds. The lowest BCUT2D eigenvalue weighted by Gasteiger charge is -2.23. The first-order valence-electron chi connectivity index (χ1n) is 10.1. The summed E-state index contributed by atoms with van der Waals surface area (Å²) in [6.07, 6.45) is 0.751. The average molecular weight is 424 g/mol. The van der Waals surface area contributed by atoms with Gasteiger partial charge in [0.2, 0.25) is 5.75 Å². The highest BCUT2D eigenvalue weighted by molar-refractivity contribution is 5.95. The second-order valence-corrected chi connectivity index (χ2v) is 7.36. The number of carbonyl (C=O) groups excluding carboxylic acids is 1. The van der Waals surface area contributed by atoms with Crippen molar-refractivity contribution in [2.24, 2.45) is 0 Å². The van der Waals surface area contributed by atoms with Crippen molar-refractivity contribution in [3.63, 3.8) is 0 Å². The zero-order valence-corrected chi connectivity index (χ0v) is 18.6. The van der Waals surface area contributed by atoms with Gasteiger partial charge in [0.15, 0.2) is 11.5 Å². The van der Waals surface area contributed by atoms with E-state index in [1.54, 1.807) is 17.0 Å². The summed E-state index contributed by atoms with van der Waals surface area (Å²) in [6.45, 7) is 4.66. The van der Waals surface area contributed by atoms with Crippen LogP contribution in [0.5, 0.6) is 17.2 Å². The summed E-state index contributed by atoms with van der Waals surface area (Å²) in [5.74, 6) is 1.01. The number of pyridine rings is 1. The van der Waals surface area contributed by atoms with Gasteiger partial charge in [0.25, 0.3) is 11.5 Å². The van der Waals surface area contributed by atoms with E-state index in [0.717, 1.165) is 22.9 Å². The minimum absolute atomic E-state index is 0.197. The molecule has 0 aliphatic carbocycles. The molecule has 0 unspecified atom stereocenters. The zero-order chi connectivity index (χ0) is 22.5. The molecule has 0 bridgehead atoms. The molecule has 0 aliphatic rings. The number of carbonyl (C=O) groups is 1. The number of benzene rings is 2. The summed E-state index contributed by atoms with van der Waals surface area (Å²) in [6, 6.07) is 11.0. The van der Waals surface area contributed by atoms with E-state index in [0.29, 0.717) is 34.9 Å². The topological polar surface area (TPSA) is 80.9 Å². The molecule has 7 heteroatoms. The molecule has 0 spiro atoms. The van der Waals surface area contributed by atoms with Crippen LogP contribution in [0.3, 0.4) is 0 Å². The predicted octanol–water partition coefficient (Wildman–Crippen LogP) is 3.91. The van der Waals surface area contributed by atoms with E-state index in [1.165, 1.54) is 21.3 Å². The first kappa shape index (κ1) is 22.2. The summed E-state index contributed by atoms with van der Waals surface area (Å²) in [5.41, 5.74) is 2.59. The number of aryl methyl sites for hydroxylation is 1. The highest BCUT2D eigenvalue weighted by Gasteiger charge is 2.22. The molecule has 0 saturated heterocycles. The Bertz CT molecular complexity index is 1130. The molecule has 3 rings (SSSR count). The standard InChI is InChI=1S/C24H28N2O5/c1-6-9-26(14-18-11-16-8-7-15(2)10-19(16)25-23(18)27)24(28)17-12-20(29-3)22(31-5)21(13-17)30-4/h7-8,10-13H,6,9,14H2,1-5H3,(H,25,27). The van der Waals surface area contributed by atoms with Crippen LogP contribution in [0.25, 0.3) is 10.9 Å². The molecule has 0 fully saturated rings. The molecule has 3 aromatic rings. The lowest BCUT2D eigenvalue weighted by Crippen LogP contribution is -2.33. The highest BCUT2D eigenvalue weighted by Crippen LogP contribution is 2.38. The quantitative estimate of drug-likeness (QED) is 0.593. The number of fused-ring (bicyclic) bond motifs is 1. The summed E-state index contributed by atoms with van der Waals surface area (Å²) >= 11 is 0. The van der Waals surface area contributed by atoms with Crippen LogP contribution in [0.4, 0.5) is 0 Å². The first-order chi connectivity index (χ1) is 14.9. The van der Waals surface area contributed by atoms with Crippen molar-refractivity contribution in [3.05, 3.63) is 63.4 Å². The minimum atomic E-state index is -0.218. The maximum absolute atomic E-state index is 13.4. The third kappa shape index (κ3) is 4.66. The molecule has 1 aromatic heterocycles. The van der Waals surface area contributed by atoms with Gasteiger partial charge in [-0.3, -0.25) is 9.59 Å². The lowest BCUT2D eigenvalue weighted by atomic mass is 10.1. The highest BCUT2D eigenvalue weighted by atomic mass is 16.5. The smallest absolute Gasteiger partial charge is 0.254 e. The van der Waals surface area contributed by atoms with Crippen molar-refractivity contribution in [2.75, 3.05) is 27.9 Å². The van der Waals surface area contributed by atoms with Gasteiger partial charge in [0.05, 0.1) is 27.9 Å². The van der Waals surface area contributed by atoms with Gasteiger partial charge in [0, 0.05) is 23.2 Å². The number of aromatic amines is 1. The third-order valence-corrected chi connectivity index (χ3v) is 5.13. The molecule has 1 heterocycles. The molecule has 0 saturated carbocycles. The number of nitrogens with one attached hydrogen (secondary N) is 1. The van der Waals surface area contributed by atoms with Crippen LogP contribution in [-0.2, 0) is 6.54 Å². The SMILES string of the molecule is CCCN(Cc1cc2ccc(C)cc2[nH]c1=O)C(=O)c1cc(OC)c(OC)c(OC)c1. The molecule has 0 radical (unpaired) electrons. The molecule has 0 aliphatic heterocycles. The van der Waals surface area contributed by atoms with E-state index >= 15 is 0 Å². The van der Waals surface area contributed by atoms with Gasteiger partial charge in [-0.1, -0.05) is 19.1 Å². The number of hydrogen-bond acceptors (Lipinski definition) is 5. The first-order valence-corrected chi connectivity index (χ1v) is 10.1. The Kier molecular flexibility index (Phi) is 6.84. The number of H-pyrrole nitrogens is 1. The molecule has 7 nitrogen and oxygen atoms in total. The van der Waals surface area contributed by atoms with Crippen LogP contribution in [0, 0.1) is 6.92 Å². The Morgan fingerprint density at radius 3 is 2.26 bits per heavy atom. The van der Waals surface area contributed by atoms with E-state index in [-0.39, 0.29) is 18.0 Å². The lowest BCUT2D eigenvalue weighted by molar-refractivity contribution is 0.0742.